The van der Waals surface area contributed by atoms with E-state index in [-0.39, 0.29) is 11.2 Å². The molecule has 25 heavy (non-hydrogen) atoms. The van der Waals surface area contributed by atoms with Crippen molar-refractivity contribution in [3.63, 3.8) is 0 Å². The summed E-state index contributed by atoms with van der Waals surface area (Å²) in [6.45, 7) is 4.72. The molecule has 0 bridgehead atoms. The molecule has 6 nitrogen and oxygen atoms in total. The zero-order valence-electron chi connectivity index (χ0n) is 14.7. The summed E-state index contributed by atoms with van der Waals surface area (Å²) in [6, 6.07) is 9.01. The van der Waals surface area contributed by atoms with Gasteiger partial charge in [-0.05, 0) is 43.0 Å². The van der Waals surface area contributed by atoms with Gasteiger partial charge in [0.05, 0.1) is 18.6 Å². The van der Waals surface area contributed by atoms with E-state index in [1.165, 1.54) is 0 Å². The van der Waals surface area contributed by atoms with Gasteiger partial charge < -0.3 is 21.5 Å². The third-order valence-corrected chi connectivity index (χ3v) is 4.79. The largest absolute Gasteiger partial charge is 0.507 e. The van der Waals surface area contributed by atoms with E-state index in [1.807, 2.05) is 18.2 Å². The first kappa shape index (κ1) is 18.9. The minimum Gasteiger partial charge on any atom is -0.507 e. The molecule has 2 aromatic rings. The summed E-state index contributed by atoms with van der Waals surface area (Å²) >= 11 is 0. The lowest BCUT2D eigenvalue weighted by Crippen LogP contribution is -2.42. The maximum atomic E-state index is 10.0. The number of halogens is 1. The van der Waals surface area contributed by atoms with Crippen molar-refractivity contribution in [1.29, 1.82) is 0 Å². The first-order valence-electron chi connectivity index (χ1n) is 8.27. The van der Waals surface area contributed by atoms with Gasteiger partial charge in [-0.3, -0.25) is 4.39 Å². The summed E-state index contributed by atoms with van der Waals surface area (Å²) in [5.41, 5.74) is 14.3. The number of nitrogens with two attached hydrogens (primary N) is 2. The molecule has 5 N–H and O–H groups in total. The average molecular weight is 347 g/mol. The molecule has 1 aromatic carbocycles. The molecule has 0 saturated carbocycles. The second kappa shape index (κ2) is 8.11. The predicted octanol–water partition coefficient (Wildman–Crippen LogP) is 2.58. The highest BCUT2D eigenvalue weighted by Gasteiger charge is 2.29. The molecule has 3 rings (SSSR count). The summed E-state index contributed by atoms with van der Waals surface area (Å²) in [6.07, 6.45) is 2.05. The normalized spacial score (nSPS) is 16.1. The molecule has 1 saturated heterocycles. The number of hydrogen-bond acceptors (Lipinski definition) is 6. The SMILES string of the molecule is CC1(CN)CCN(c2cc(-c3ccccc3O)nnc2N)CC1.CF. The Labute approximate surface area is 147 Å². The van der Waals surface area contributed by atoms with Crippen LogP contribution in [0.25, 0.3) is 11.3 Å². The van der Waals surface area contributed by atoms with E-state index in [9.17, 15) is 9.50 Å². The Morgan fingerprint density at radius 2 is 1.84 bits per heavy atom. The molecule has 136 valence electrons. The van der Waals surface area contributed by atoms with Gasteiger partial charge in [-0.1, -0.05) is 19.1 Å². The van der Waals surface area contributed by atoms with Crippen LogP contribution < -0.4 is 16.4 Å². The molecular formula is C18H26FN5O. The molecule has 7 heteroatoms. The van der Waals surface area contributed by atoms with Crippen LogP contribution in [0.5, 0.6) is 5.75 Å². The number of phenols is 1. The molecule has 0 amide bonds. The summed E-state index contributed by atoms with van der Waals surface area (Å²) in [4.78, 5) is 2.23. The highest BCUT2D eigenvalue weighted by atomic mass is 19.1. The Bertz CT molecular complexity index is 702. The maximum Gasteiger partial charge on any atom is 0.169 e. The lowest BCUT2D eigenvalue weighted by Gasteiger charge is -2.39. The van der Waals surface area contributed by atoms with Crippen molar-refractivity contribution in [2.45, 2.75) is 19.8 Å². The standard InChI is InChI=1S/C17H23N5O.CH3F/c1-17(11-18)6-8-22(9-7-17)14-10-13(20-21-16(14)19)12-4-2-3-5-15(12)23;1-2/h2-5,10,23H,6-9,11,18H2,1H3,(H2,19,21);1H3. The average Bonchev–Trinajstić information content (AvgIpc) is 2.65. The fourth-order valence-corrected chi connectivity index (χ4v) is 2.96. The maximum absolute atomic E-state index is 10.0. The summed E-state index contributed by atoms with van der Waals surface area (Å²) in [5, 5.41) is 18.2. The molecule has 1 aromatic heterocycles. The van der Waals surface area contributed by atoms with Crippen LogP contribution >= 0.6 is 0 Å². The molecule has 0 atom stereocenters. The van der Waals surface area contributed by atoms with Crippen LogP contribution in [0.1, 0.15) is 19.8 Å². The number of nitrogens with zero attached hydrogens (tertiary/aromatic N) is 3. The van der Waals surface area contributed by atoms with Crippen molar-refractivity contribution in [3.05, 3.63) is 30.3 Å². The molecule has 1 aliphatic rings. The fourth-order valence-electron chi connectivity index (χ4n) is 2.96. The van der Waals surface area contributed by atoms with Crippen molar-refractivity contribution in [2.75, 3.05) is 37.4 Å². The number of phenolic OH excluding ortho intramolecular Hbond substituents is 1. The number of piperidine rings is 1. The van der Waals surface area contributed by atoms with Gasteiger partial charge >= 0.3 is 0 Å². The van der Waals surface area contributed by atoms with Crippen LogP contribution in [0.2, 0.25) is 0 Å². The van der Waals surface area contributed by atoms with E-state index >= 15 is 0 Å². The molecule has 0 radical (unpaired) electrons. The predicted molar refractivity (Wildman–Crippen MR) is 99.2 cm³/mol. The number of alkyl halides is 1. The first-order valence-corrected chi connectivity index (χ1v) is 8.27. The van der Waals surface area contributed by atoms with Crippen molar-refractivity contribution in [3.8, 4) is 17.0 Å². The van der Waals surface area contributed by atoms with E-state index in [2.05, 4.69) is 22.0 Å². The van der Waals surface area contributed by atoms with Crippen molar-refractivity contribution in [1.82, 2.24) is 10.2 Å². The topological polar surface area (TPSA) is 101 Å². The van der Waals surface area contributed by atoms with E-state index in [4.69, 9.17) is 11.5 Å². The zero-order valence-corrected chi connectivity index (χ0v) is 14.7. The Hall–Kier alpha value is -2.41. The van der Waals surface area contributed by atoms with Crippen molar-refractivity contribution in [2.24, 2.45) is 11.1 Å². The van der Waals surface area contributed by atoms with Crippen LogP contribution in [0.15, 0.2) is 30.3 Å². The second-order valence-electron chi connectivity index (χ2n) is 6.52. The van der Waals surface area contributed by atoms with Crippen LogP contribution in [-0.2, 0) is 0 Å². The fraction of sp³-hybridized carbons (Fsp3) is 0.444. The Balaban J connectivity index is 0.00000109. The lowest BCUT2D eigenvalue weighted by molar-refractivity contribution is 0.258. The summed E-state index contributed by atoms with van der Waals surface area (Å²) in [5.74, 6) is 0.604. The molecule has 2 heterocycles. The van der Waals surface area contributed by atoms with Crippen LogP contribution in [0.4, 0.5) is 15.9 Å². The number of anilines is 2. The number of nitrogen functional groups attached to an aromatic ring is 1. The van der Waals surface area contributed by atoms with E-state index < -0.39 is 0 Å². The minimum absolute atomic E-state index is 0.187. The molecule has 0 unspecified atom stereocenters. The Kier molecular flexibility index (Phi) is 6.14. The second-order valence-corrected chi connectivity index (χ2v) is 6.52. The number of para-hydroxylation sites is 1. The highest BCUT2D eigenvalue weighted by Crippen LogP contribution is 2.35. The summed E-state index contributed by atoms with van der Waals surface area (Å²) < 4.78 is 9.50. The zero-order chi connectivity index (χ0) is 18.4. The smallest absolute Gasteiger partial charge is 0.169 e. The molecular weight excluding hydrogens is 321 g/mol. The first-order chi connectivity index (χ1) is 12.0. The monoisotopic (exact) mass is 347 g/mol. The third kappa shape index (κ3) is 4.17. The number of benzene rings is 1. The summed E-state index contributed by atoms with van der Waals surface area (Å²) in [7, 11) is 0.500. The number of aromatic hydroxyl groups is 1. The van der Waals surface area contributed by atoms with E-state index in [1.54, 1.807) is 12.1 Å². The van der Waals surface area contributed by atoms with E-state index in [0.717, 1.165) is 31.6 Å². The minimum atomic E-state index is 0.187. The quantitative estimate of drug-likeness (QED) is 0.789. The molecule has 1 aliphatic heterocycles. The van der Waals surface area contributed by atoms with E-state index in [0.29, 0.717) is 30.8 Å². The van der Waals surface area contributed by atoms with Gasteiger partial charge in [0.2, 0.25) is 0 Å². The molecule has 0 spiro atoms. The van der Waals surface area contributed by atoms with Gasteiger partial charge in [0, 0.05) is 18.7 Å². The Morgan fingerprint density at radius 1 is 1.20 bits per heavy atom. The lowest BCUT2D eigenvalue weighted by atomic mass is 9.80. The van der Waals surface area contributed by atoms with Gasteiger partial charge in [0.15, 0.2) is 5.82 Å². The number of aromatic nitrogens is 2. The van der Waals surface area contributed by atoms with Crippen molar-refractivity contribution >= 4 is 11.5 Å². The molecule has 0 aliphatic carbocycles. The van der Waals surface area contributed by atoms with Gasteiger partial charge in [-0.25, -0.2) is 0 Å². The van der Waals surface area contributed by atoms with Crippen LogP contribution in [0.3, 0.4) is 0 Å². The van der Waals surface area contributed by atoms with Gasteiger partial charge in [-0.2, -0.15) is 0 Å². The highest BCUT2D eigenvalue weighted by molar-refractivity contribution is 5.74. The Morgan fingerprint density at radius 3 is 2.44 bits per heavy atom. The van der Waals surface area contributed by atoms with Gasteiger partial charge in [-0.15, -0.1) is 10.2 Å². The van der Waals surface area contributed by atoms with Crippen molar-refractivity contribution < 1.29 is 9.50 Å². The van der Waals surface area contributed by atoms with Crippen LogP contribution in [0, 0.1) is 5.41 Å². The molecule has 1 fully saturated rings. The number of hydrogen-bond donors (Lipinski definition) is 3. The van der Waals surface area contributed by atoms with Gasteiger partial charge in [0.1, 0.15) is 5.75 Å². The third-order valence-electron chi connectivity index (χ3n) is 4.79. The van der Waals surface area contributed by atoms with Gasteiger partial charge in [0.25, 0.3) is 0 Å². The van der Waals surface area contributed by atoms with Crippen LogP contribution in [-0.4, -0.2) is 42.1 Å². The number of rotatable bonds is 3.